The lowest BCUT2D eigenvalue weighted by Gasteiger charge is -2.21. The number of hydrogen-bond acceptors (Lipinski definition) is 7. The van der Waals surface area contributed by atoms with E-state index in [0.717, 1.165) is 5.56 Å². The topological polar surface area (TPSA) is 130 Å². The molecule has 0 aliphatic carbocycles. The van der Waals surface area contributed by atoms with E-state index in [2.05, 4.69) is 4.74 Å². The molecule has 26 heavy (non-hydrogen) atoms. The van der Waals surface area contributed by atoms with Gasteiger partial charge in [-0.25, -0.2) is 4.79 Å². The molecule has 2 atom stereocenters. The molecule has 4 N–H and O–H groups in total. The summed E-state index contributed by atoms with van der Waals surface area (Å²) in [4.78, 5) is 34.0. The third kappa shape index (κ3) is 6.23. The van der Waals surface area contributed by atoms with E-state index < -0.39 is 23.5 Å². The molecule has 1 aromatic rings. The van der Waals surface area contributed by atoms with Crippen LogP contribution < -0.4 is 5.73 Å². The maximum Gasteiger partial charge on any atom is 0.327 e. The van der Waals surface area contributed by atoms with Crippen LogP contribution >= 0.6 is 11.8 Å². The van der Waals surface area contributed by atoms with E-state index in [4.69, 9.17) is 15.9 Å². The molecule has 1 aliphatic rings. The highest BCUT2D eigenvalue weighted by atomic mass is 32.2. The number of carbonyl (C=O) groups is 3. The Morgan fingerprint density at radius 2 is 1.92 bits per heavy atom. The Bertz CT molecular complexity index is 627. The Kier molecular flexibility index (Phi) is 7.91. The molecule has 9 heteroatoms. The van der Waals surface area contributed by atoms with Crippen LogP contribution in [0, 0.1) is 0 Å². The summed E-state index contributed by atoms with van der Waals surface area (Å²) in [6, 6.07) is 5.95. The molecule has 1 fully saturated rings. The van der Waals surface area contributed by atoms with Crippen molar-refractivity contribution < 1.29 is 29.3 Å². The van der Waals surface area contributed by atoms with Gasteiger partial charge in [-0.2, -0.15) is 0 Å². The molecule has 1 saturated heterocycles. The molecule has 8 nitrogen and oxygen atoms in total. The van der Waals surface area contributed by atoms with Crippen molar-refractivity contribution in [2.45, 2.75) is 31.8 Å². The smallest absolute Gasteiger partial charge is 0.327 e. The van der Waals surface area contributed by atoms with Crippen LogP contribution in [-0.2, 0) is 25.5 Å². The van der Waals surface area contributed by atoms with E-state index in [1.54, 1.807) is 31.2 Å². The second-order valence-corrected chi connectivity index (χ2v) is 7.09. The zero-order valence-corrected chi connectivity index (χ0v) is 15.8. The normalized spacial score (nSPS) is 18.3. The van der Waals surface area contributed by atoms with E-state index in [0.29, 0.717) is 18.1 Å². The number of nitrogens with zero attached hydrogens (tertiary/aromatic N) is 1. The number of phenolic OH excluding ortho intramolecular Hbond substituents is 1. The molecule has 1 heterocycles. The van der Waals surface area contributed by atoms with Crippen LogP contribution in [-0.4, -0.2) is 63.3 Å². The Balaban J connectivity index is 0.000000273. The van der Waals surface area contributed by atoms with Crippen molar-refractivity contribution in [2.24, 2.45) is 5.73 Å². The minimum absolute atomic E-state index is 0.164. The van der Waals surface area contributed by atoms with Gasteiger partial charge in [0.1, 0.15) is 17.3 Å². The summed E-state index contributed by atoms with van der Waals surface area (Å²) in [6.07, 6.45) is 0.375. The first kappa shape index (κ1) is 21.8. The molecule has 1 aromatic carbocycles. The second-order valence-electron chi connectivity index (χ2n) is 6.10. The van der Waals surface area contributed by atoms with Crippen LogP contribution in [0.5, 0.6) is 5.75 Å². The van der Waals surface area contributed by atoms with Crippen LogP contribution in [0.25, 0.3) is 0 Å². The maximum atomic E-state index is 11.3. The number of phenols is 1. The Morgan fingerprint density at radius 3 is 2.35 bits per heavy atom. The number of carbonyl (C=O) groups excluding carboxylic acids is 2. The summed E-state index contributed by atoms with van der Waals surface area (Å²) in [6.45, 7) is 3.01. The van der Waals surface area contributed by atoms with Crippen LogP contribution in [0.4, 0.5) is 0 Å². The number of nitrogens with two attached hydrogens (primary N) is 1. The second kappa shape index (κ2) is 9.44. The number of rotatable bonds is 4. The fourth-order valence-corrected chi connectivity index (χ4v) is 3.51. The SMILES string of the molecule is CC(=O)N1CSC[C@@H]1C(=O)O.COC(=O)[C@@](C)(N)Cc1ccc(O)cc1. The Morgan fingerprint density at radius 1 is 1.35 bits per heavy atom. The van der Waals surface area contributed by atoms with Crippen molar-refractivity contribution in [1.82, 2.24) is 4.90 Å². The molecule has 0 unspecified atom stereocenters. The number of benzene rings is 1. The lowest BCUT2D eigenvalue weighted by atomic mass is 9.94. The number of aliphatic carboxylic acids is 1. The van der Waals surface area contributed by atoms with Gasteiger partial charge in [-0.05, 0) is 24.6 Å². The number of amides is 1. The number of carboxylic acids is 1. The number of ether oxygens (including phenoxy) is 1. The largest absolute Gasteiger partial charge is 0.508 e. The minimum Gasteiger partial charge on any atom is -0.508 e. The van der Waals surface area contributed by atoms with E-state index in [1.165, 1.54) is 30.7 Å². The standard InChI is InChI=1S/C11H15NO3.C6H9NO3S/c1-11(12,10(14)15-2)7-8-3-5-9(13)6-4-8;1-4(8)7-3-11-2-5(7)6(9)10/h3-6,13H,7,12H2,1-2H3;5H,2-3H2,1H3,(H,9,10)/t11-;5-/m01/s1. The van der Waals surface area contributed by atoms with Crippen LogP contribution in [0.15, 0.2) is 24.3 Å². The highest BCUT2D eigenvalue weighted by molar-refractivity contribution is 7.99. The Labute approximate surface area is 156 Å². The first-order chi connectivity index (χ1) is 12.1. The number of hydrogen-bond donors (Lipinski definition) is 3. The third-order valence-electron chi connectivity index (χ3n) is 3.73. The molecular weight excluding hydrogens is 360 g/mol. The molecule has 0 aromatic heterocycles. The molecule has 0 bridgehead atoms. The minimum atomic E-state index is -1.04. The van der Waals surface area contributed by atoms with Crippen molar-refractivity contribution in [2.75, 3.05) is 18.7 Å². The van der Waals surface area contributed by atoms with Gasteiger partial charge in [-0.15, -0.1) is 11.8 Å². The quantitative estimate of drug-likeness (QED) is 0.651. The molecule has 144 valence electrons. The summed E-state index contributed by atoms with van der Waals surface area (Å²) in [5, 5.41) is 17.7. The van der Waals surface area contributed by atoms with Crippen LogP contribution in [0.2, 0.25) is 0 Å². The van der Waals surface area contributed by atoms with E-state index in [9.17, 15) is 14.4 Å². The van der Waals surface area contributed by atoms with Gasteiger partial charge in [-0.3, -0.25) is 9.59 Å². The highest BCUT2D eigenvalue weighted by Gasteiger charge is 2.32. The fraction of sp³-hybridized carbons (Fsp3) is 0.471. The van der Waals surface area contributed by atoms with Gasteiger partial charge in [0.15, 0.2) is 0 Å². The summed E-state index contributed by atoms with van der Waals surface area (Å²) < 4.78 is 4.60. The third-order valence-corrected chi connectivity index (χ3v) is 4.74. The first-order valence-corrected chi connectivity index (χ1v) is 8.97. The number of carboxylic acid groups (broad SMARTS) is 1. The van der Waals surface area contributed by atoms with Crippen molar-refractivity contribution >= 4 is 29.6 Å². The lowest BCUT2D eigenvalue weighted by molar-refractivity contribution is -0.147. The van der Waals surface area contributed by atoms with Gasteiger partial charge in [0, 0.05) is 19.1 Å². The summed E-state index contributed by atoms with van der Waals surface area (Å²) in [7, 11) is 1.31. The first-order valence-electron chi connectivity index (χ1n) is 7.81. The molecule has 0 radical (unpaired) electrons. The van der Waals surface area contributed by atoms with E-state index >= 15 is 0 Å². The predicted molar refractivity (Wildman–Crippen MR) is 97.7 cm³/mol. The van der Waals surface area contributed by atoms with E-state index in [-0.39, 0.29) is 11.7 Å². The lowest BCUT2D eigenvalue weighted by Crippen LogP contribution is -2.47. The molecule has 0 spiro atoms. The van der Waals surface area contributed by atoms with Gasteiger partial charge in [0.05, 0.1) is 13.0 Å². The average molecular weight is 384 g/mol. The maximum absolute atomic E-state index is 11.3. The van der Waals surface area contributed by atoms with E-state index in [1.807, 2.05) is 0 Å². The number of aromatic hydroxyl groups is 1. The summed E-state index contributed by atoms with van der Waals surface area (Å²) in [5.41, 5.74) is 5.65. The number of thioether (sulfide) groups is 1. The van der Waals surface area contributed by atoms with Crippen molar-refractivity contribution in [3.63, 3.8) is 0 Å². The summed E-state index contributed by atoms with van der Waals surface area (Å²) in [5.74, 6) is -0.319. The van der Waals surface area contributed by atoms with Crippen molar-refractivity contribution in [3.8, 4) is 5.75 Å². The molecule has 1 amide bonds. The molecule has 2 rings (SSSR count). The van der Waals surface area contributed by atoms with Gasteiger partial charge in [0.25, 0.3) is 0 Å². The van der Waals surface area contributed by atoms with Crippen molar-refractivity contribution in [1.29, 1.82) is 0 Å². The fourth-order valence-electron chi connectivity index (χ4n) is 2.30. The van der Waals surface area contributed by atoms with Gasteiger partial charge < -0.3 is 25.6 Å². The monoisotopic (exact) mass is 384 g/mol. The zero-order valence-electron chi connectivity index (χ0n) is 15.0. The Hall–Kier alpha value is -2.26. The van der Waals surface area contributed by atoms with Gasteiger partial charge in [-0.1, -0.05) is 12.1 Å². The molecule has 1 aliphatic heterocycles. The van der Waals surface area contributed by atoms with Crippen LogP contribution in [0.1, 0.15) is 19.4 Å². The number of methoxy groups -OCH3 is 1. The van der Waals surface area contributed by atoms with Crippen molar-refractivity contribution in [3.05, 3.63) is 29.8 Å². The predicted octanol–water partition coefficient (Wildman–Crippen LogP) is 0.818. The summed E-state index contributed by atoms with van der Waals surface area (Å²) >= 11 is 1.47. The number of esters is 1. The zero-order chi connectivity index (χ0) is 19.9. The highest BCUT2D eigenvalue weighted by Crippen LogP contribution is 2.20. The molecule has 0 saturated carbocycles. The van der Waals surface area contributed by atoms with Gasteiger partial charge >= 0.3 is 11.9 Å². The van der Waals surface area contributed by atoms with Crippen LogP contribution in [0.3, 0.4) is 0 Å². The molecular formula is C17H24N2O6S. The average Bonchev–Trinajstić information content (AvgIpc) is 3.07. The van der Waals surface area contributed by atoms with Gasteiger partial charge in [0.2, 0.25) is 5.91 Å².